The van der Waals surface area contributed by atoms with Gasteiger partial charge in [0.05, 0.1) is 17.8 Å². The predicted octanol–water partition coefficient (Wildman–Crippen LogP) is 0.927. The lowest BCUT2D eigenvalue weighted by Crippen LogP contribution is -2.32. The van der Waals surface area contributed by atoms with Gasteiger partial charge in [-0.15, -0.1) is 0 Å². The number of nitrogens with two attached hydrogens (primary N) is 1. The summed E-state index contributed by atoms with van der Waals surface area (Å²) in [6, 6.07) is 9.04. The van der Waals surface area contributed by atoms with Crippen LogP contribution >= 0.6 is 0 Å². The minimum Gasteiger partial charge on any atom is -0.358 e. The van der Waals surface area contributed by atoms with E-state index in [1.807, 2.05) is 30.3 Å². The van der Waals surface area contributed by atoms with E-state index in [9.17, 15) is 18.5 Å². The zero-order chi connectivity index (χ0) is 18.2. The molecule has 0 aliphatic carbocycles. The van der Waals surface area contributed by atoms with Crippen molar-refractivity contribution in [1.82, 2.24) is 14.1 Å². The highest BCUT2D eigenvalue weighted by molar-refractivity contribution is 7.89. The van der Waals surface area contributed by atoms with Gasteiger partial charge < -0.3 is 15.8 Å². The minimum atomic E-state index is -4.05. The molecule has 0 radical (unpaired) electrons. The Morgan fingerprint density at radius 1 is 1.32 bits per heavy atom. The molecule has 0 bridgehead atoms. The molecule has 1 saturated heterocycles. The Morgan fingerprint density at radius 2 is 2.00 bits per heavy atom. The zero-order valence-electron chi connectivity index (χ0n) is 13.6. The molecule has 10 heteroatoms. The third kappa shape index (κ3) is 3.15. The zero-order valence-corrected chi connectivity index (χ0v) is 14.5. The van der Waals surface area contributed by atoms with Crippen LogP contribution in [0.1, 0.15) is 18.4 Å². The van der Waals surface area contributed by atoms with E-state index in [-0.39, 0.29) is 29.9 Å². The summed E-state index contributed by atoms with van der Waals surface area (Å²) in [5.41, 5.74) is 7.10. The normalized spacial score (nSPS) is 21.5. The molecule has 0 saturated carbocycles. The fourth-order valence-corrected chi connectivity index (χ4v) is 4.65. The molecule has 1 fully saturated rings. The van der Waals surface area contributed by atoms with E-state index >= 15 is 0 Å². The Bertz CT molecular complexity index is 881. The molecule has 1 aliphatic rings. The van der Waals surface area contributed by atoms with Gasteiger partial charge in [0, 0.05) is 25.0 Å². The molecule has 25 heavy (non-hydrogen) atoms. The monoisotopic (exact) mass is 365 g/mol. The lowest BCUT2D eigenvalue weighted by Gasteiger charge is -2.15. The second-order valence-electron chi connectivity index (χ2n) is 5.93. The SMILES string of the molecule is CCn1cc(S(=O)(=O)N2C[C@@H](N)[C@H](c3ccccc3)C2)c([N+](=O)[O-])n1. The summed E-state index contributed by atoms with van der Waals surface area (Å²) in [7, 11) is -4.05. The molecule has 0 spiro atoms. The maximum Gasteiger partial charge on any atom is 0.410 e. The van der Waals surface area contributed by atoms with Crippen molar-refractivity contribution in [2.45, 2.75) is 30.3 Å². The molecule has 3 rings (SSSR count). The van der Waals surface area contributed by atoms with Crippen LogP contribution in [0.25, 0.3) is 0 Å². The first kappa shape index (κ1) is 17.5. The minimum absolute atomic E-state index is 0.107. The van der Waals surface area contributed by atoms with Gasteiger partial charge in [-0.3, -0.25) is 0 Å². The van der Waals surface area contributed by atoms with Crippen molar-refractivity contribution in [3.63, 3.8) is 0 Å². The summed E-state index contributed by atoms with van der Waals surface area (Å²) in [5.74, 6) is -0.810. The number of aromatic nitrogens is 2. The van der Waals surface area contributed by atoms with Gasteiger partial charge in [-0.1, -0.05) is 30.3 Å². The second kappa shape index (κ2) is 6.54. The van der Waals surface area contributed by atoms with Crippen LogP contribution in [0.4, 0.5) is 5.82 Å². The van der Waals surface area contributed by atoms with Crippen molar-refractivity contribution >= 4 is 15.8 Å². The van der Waals surface area contributed by atoms with E-state index in [1.165, 1.54) is 15.2 Å². The van der Waals surface area contributed by atoms with Crippen molar-refractivity contribution in [3.05, 3.63) is 52.2 Å². The molecular weight excluding hydrogens is 346 g/mol. The van der Waals surface area contributed by atoms with Gasteiger partial charge in [-0.2, -0.15) is 8.99 Å². The third-order valence-electron chi connectivity index (χ3n) is 4.38. The van der Waals surface area contributed by atoms with Gasteiger partial charge in [0.1, 0.15) is 0 Å². The van der Waals surface area contributed by atoms with Gasteiger partial charge in [-0.05, 0) is 17.4 Å². The van der Waals surface area contributed by atoms with Crippen LogP contribution in [0.15, 0.2) is 41.4 Å². The number of hydrogen-bond acceptors (Lipinski definition) is 6. The van der Waals surface area contributed by atoms with Gasteiger partial charge in [0.2, 0.25) is 4.90 Å². The first-order chi connectivity index (χ1) is 11.8. The Hall–Kier alpha value is -2.30. The van der Waals surface area contributed by atoms with E-state index in [1.54, 1.807) is 6.92 Å². The summed E-state index contributed by atoms with van der Waals surface area (Å²) >= 11 is 0. The number of hydrogen-bond donors (Lipinski definition) is 1. The topological polar surface area (TPSA) is 124 Å². The summed E-state index contributed by atoms with van der Waals surface area (Å²) in [5, 5.41) is 14.9. The van der Waals surface area contributed by atoms with Crippen LogP contribution in [0.3, 0.4) is 0 Å². The largest absolute Gasteiger partial charge is 0.410 e. The Morgan fingerprint density at radius 3 is 2.60 bits per heavy atom. The highest BCUT2D eigenvalue weighted by Gasteiger charge is 2.42. The van der Waals surface area contributed by atoms with Crippen LogP contribution in [-0.2, 0) is 16.6 Å². The summed E-state index contributed by atoms with van der Waals surface area (Å²) in [4.78, 5) is 10.0. The number of nitrogens with zero attached hydrogens (tertiary/aromatic N) is 4. The van der Waals surface area contributed by atoms with Crippen LogP contribution in [0.5, 0.6) is 0 Å². The highest BCUT2D eigenvalue weighted by Crippen LogP contribution is 2.33. The quantitative estimate of drug-likeness (QED) is 0.621. The first-order valence-electron chi connectivity index (χ1n) is 7.87. The summed E-state index contributed by atoms with van der Waals surface area (Å²) in [6.07, 6.45) is 1.20. The number of aryl methyl sites for hydroxylation is 1. The molecule has 134 valence electrons. The number of rotatable bonds is 5. The molecule has 2 atom stereocenters. The molecule has 0 amide bonds. The number of benzene rings is 1. The van der Waals surface area contributed by atoms with Crippen LogP contribution < -0.4 is 5.73 Å². The van der Waals surface area contributed by atoms with Gasteiger partial charge in [0.25, 0.3) is 10.0 Å². The number of nitro groups is 1. The fraction of sp³-hybridized carbons (Fsp3) is 0.400. The molecule has 9 nitrogen and oxygen atoms in total. The standard InChI is InChI=1S/C15H19N5O4S/c1-2-18-10-14(15(17-18)20(21)22)25(23,24)19-8-12(13(16)9-19)11-6-4-3-5-7-11/h3-7,10,12-13H,2,8-9,16H2,1H3/t12-,13+/m0/s1. The Labute approximate surface area is 145 Å². The van der Waals surface area contributed by atoms with Crippen LogP contribution in [-0.4, -0.2) is 46.6 Å². The van der Waals surface area contributed by atoms with E-state index < -0.39 is 20.8 Å². The van der Waals surface area contributed by atoms with Crippen molar-refractivity contribution in [1.29, 1.82) is 0 Å². The maximum atomic E-state index is 12.9. The molecule has 2 N–H and O–H groups in total. The van der Waals surface area contributed by atoms with Gasteiger partial charge in [0.15, 0.2) is 0 Å². The summed E-state index contributed by atoms with van der Waals surface area (Å²) in [6.45, 7) is 2.35. The Kier molecular flexibility index (Phi) is 4.58. The van der Waals surface area contributed by atoms with Crippen LogP contribution in [0, 0.1) is 10.1 Å². The third-order valence-corrected chi connectivity index (χ3v) is 6.21. The molecule has 2 aromatic rings. The van der Waals surface area contributed by atoms with Crippen LogP contribution in [0.2, 0.25) is 0 Å². The van der Waals surface area contributed by atoms with E-state index in [4.69, 9.17) is 5.73 Å². The average Bonchev–Trinajstić information content (AvgIpc) is 3.20. The smallest absolute Gasteiger partial charge is 0.358 e. The van der Waals surface area contributed by atoms with Crippen molar-refractivity contribution in [2.24, 2.45) is 5.73 Å². The summed E-state index contributed by atoms with van der Waals surface area (Å²) < 4.78 is 28.3. The predicted molar refractivity (Wildman–Crippen MR) is 90.5 cm³/mol. The maximum absolute atomic E-state index is 12.9. The molecule has 1 aromatic carbocycles. The Balaban J connectivity index is 1.94. The van der Waals surface area contributed by atoms with Crippen molar-refractivity contribution < 1.29 is 13.3 Å². The fourth-order valence-electron chi connectivity index (χ4n) is 3.04. The van der Waals surface area contributed by atoms with E-state index in [0.29, 0.717) is 6.54 Å². The lowest BCUT2D eigenvalue weighted by molar-refractivity contribution is -0.392. The van der Waals surface area contributed by atoms with Crippen molar-refractivity contribution in [3.8, 4) is 0 Å². The molecule has 1 aromatic heterocycles. The molecule has 2 heterocycles. The second-order valence-corrected chi connectivity index (χ2v) is 7.84. The lowest BCUT2D eigenvalue weighted by atomic mass is 9.95. The van der Waals surface area contributed by atoms with Crippen molar-refractivity contribution in [2.75, 3.05) is 13.1 Å². The van der Waals surface area contributed by atoms with Gasteiger partial charge >= 0.3 is 5.82 Å². The number of sulfonamides is 1. The van der Waals surface area contributed by atoms with Gasteiger partial charge in [-0.25, -0.2) is 8.42 Å². The average molecular weight is 365 g/mol. The van der Waals surface area contributed by atoms with E-state index in [0.717, 1.165) is 5.56 Å². The molecule has 1 aliphatic heterocycles. The molecular formula is C15H19N5O4S. The first-order valence-corrected chi connectivity index (χ1v) is 9.31. The molecule has 0 unspecified atom stereocenters. The highest BCUT2D eigenvalue weighted by atomic mass is 32.2. The van der Waals surface area contributed by atoms with E-state index in [2.05, 4.69) is 5.10 Å².